The third-order valence-corrected chi connectivity index (χ3v) is 3.98. The second-order valence-corrected chi connectivity index (χ2v) is 5.89. The molecule has 1 aromatic carbocycles. The molecule has 0 aliphatic rings. The number of hydrogen-bond acceptors (Lipinski definition) is 3. The maximum absolute atomic E-state index is 8.86. The van der Waals surface area contributed by atoms with E-state index in [0.29, 0.717) is 5.25 Å². The Morgan fingerprint density at radius 2 is 2.24 bits per heavy atom. The summed E-state index contributed by atoms with van der Waals surface area (Å²) >= 11 is 7.97. The molecule has 96 valence electrons. The standard InChI is InChI=1S/C13H20ClNOS/c1-3-15-9-11-4-5-12(8-13(11)14)17-10(2)6-7-16/h4-5,8,10,15-16H,3,6-7,9H2,1-2H3. The summed E-state index contributed by atoms with van der Waals surface area (Å²) in [6, 6.07) is 6.17. The van der Waals surface area contributed by atoms with Crippen LogP contribution in [0.2, 0.25) is 5.02 Å². The summed E-state index contributed by atoms with van der Waals surface area (Å²) in [6.07, 6.45) is 0.807. The Hall–Kier alpha value is -0.220. The van der Waals surface area contributed by atoms with Crippen LogP contribution < -0.4 is 5.32 Å². The maximum Gasteiger partial charge on any atom is 0.0462 e. The first kappa shape index (κ1) is 14.8. The van der Waals surface area contributed by atoms with Gasteiger partial charge in [-0.05, 0) is 30.7 Å². The summed E-state index contributed by atoms with van der Waals surface area (Å²) < 4.78 is 0. The molecule has 0 aliphatic carbocycles. The number of hydrogen-bond donors (Lipinski definition) is 2. The number of thioether (sulfide) groups is 1. The molecule has 1 aromatic rings. The van der Waals surface area contributed by atoms with Crippen molar-refractivity contribution in [2.75, 3.05) is 13.2 Å². The third-order valence-electron chi connectivity index (χ3n) is 2.46. The molecule has 0 aliphatic heterocycles. The van der Waals surface area contributed by atoms with Gasteiger partial charge in [0.1, 0.15) is 0 Å². The smallest absolute Gasteiger partial charge is 0.0462 e. The van der Waals surface area contributed by atoms with Gasteiger partial charge in [0.15, 0.2) is 0 Å². The number of nitrogens with one attached hydrogen (secondary N) is 1. The molecule has 2 N–H and O–H groups in total. The Morgan fingerprint density at radius 1 is 1.47 bits per heavy atom. The molecule has 1 rings (SSSR count). The molecule has 17 heavy (non-hydrogen) atoms. The molecule has 4 heteroatoms. The van der Waals surface area contributed by atoms with Crippen LogP contribution in [-0.4, -0.2) is 23.5 Å². The normalized spacial score (nSPS) is 12.7. The highest BCUT2D eigenvalue weighted by Gasteiger charge is 2.06. The minimum absolute atomic E-state index is 0.237. The third kappa shape index (κ3) is 5.30. The van der Waals surface area contributed by atoms with E-state index in [9.17, 15) is 0 Å². The minimum Gasteiger partial charge on any atom is -0.396 e. The van der Waals surface area contributed by atoms with E-state index in [1.54, 1.807) is 11.8 Å². The summed E-state index contributed by atoms with van der Waals surface area (Å²) in [5, 5.41) is 13.3. The Morgan fingerprint density at radius 3 is 2.82 bits per heavy atom. The molecule has 0 spiro atoms. The second kappa shape index (κ2) is 7.98. The van der Waals surface area contributed by atoms with E-state index in [-0.39, 0.29) is 6.61 Å². The minimum atomic E-state index is 0.237. The summed E-state index contributed by atoms with van der Waals surface area (Å²) in [6.45, 7) is 6.18. The first-order valence-corrected chi connectivity index (χ1v) is 7.19. The van der Waals surface area contributed by atoms with Crippen LogP contribution in [-0.2, 0) is 6.54 Å². The highest BCUT2D eigenvalue weighted by atomic mass is 35.5. The van der Waals surface area contributed by atoms with Crippen LogP contribution in [0.3, 0.4) is 0 Å². The van der Waals surface area contributed by atoms with E-state index in [0.717, 1.165) is 35.0 Å². The van der Waals surface area contributed by atoms with Crippen molar-refractivity contribution in [3.05, 3.63) is 28.8 Å². The van der Waals surface area contributed by atoms with Crippen LogP contribution in [0.15, 0.2) is 23.1 Å². The lowest BCUT2D eigenvalue weighted by atomic mass is 10.2. The largest absolute Gasteiger partial charge is 0.396 e. The summed E-state index contributed by atoms with van der Waals surface area (Å²) in [5.74, 6) is 0. The van der Waals surface area contributed by atoms with E-state index in [1.807, 2.05) is 6.07 Å². The Labute approximate surface area is 113 Å². The fraction of sp³-hybridized carbons (Fsp3) is 0.538. The number of aliphatic hydroxyl groups is 1. The van der Waals surface area contributed by atoms with E-state index in [2.05, 4.69) is 31.3 Å². The van der Waals surface area contributed by atoms with E-state index < -0.39 is 0 Å². The number of benzene rings is 1. The summed E-state index contributed by atoms with van der Waals surface area (Å²) in [7, 11) is 0. The van der Waals surface area contributed by atoms with E-state index >= 15 is 0 Å². The average molecular weight is 274 g/mol. The average Bonchev–Trinajstić information content (AvgIpc) is 2.28. The van der Waals surface area contributed by atoms with Gasteiger partial charge < -0.3 is 10.4 Å². The molecule has 1 unspecified atom stereocenters. The zero-order chi connectivity index (χ0) is 12.7. The maximum atomic E-state index is 8.86. The molecule has 0 fully saturated rings. The lowest BCUT2D eigenvalue weighted by molar-refractivity contribution is 0.289. The molecule has 0 bridgehead atoms. The van der Waals surface area contributed by atoms with Crippen LogP contribution in [0.5, 0.6) is 0 Å². The van der Waals surface area contributed by atoms with Crippen molar-refractivity contribution in [2.24, 2.45) is 0 Å². The Kier molecular flexibility index (Phi) is 6.97. The lowest BCUT2D eigenvalue weighted by Gasteiger charge is -2.11. The fourth-order valence-corrected chi connectivity index (χ4v) is 2.81. The van der Waals surface area contributed by atoms with Crippen LogP contribution in [0.4, 0.5) is 0 Å². The molecule has 0 amide bonds. The highest BCUT2D eigenvalue weighted by molar-refractivity contribution is 7.99. The van der Waals surface area contributed by atoms with E-state index in [4.69, 9.17) is 16.7 Å². The zero-order valence-corrected chi connectivity index (χ0v) is 11.9. The number of aliphatic hydroxyl groups excluding tert-OH is 1. The fourth-order valence-electron chi connectivity index (χ4n) is 1.48. The van der Waals surface area contributed by atoms with Gasteiger partial charge in [-0.2, -0.15) is 0 Å². The zero-order valence-electron chi connectivity index (χ0n) is 10.4. The second-order valence-electron chi connectivity index (χ2n) is 3.97. The van der Waals surface area contributed by atoms with Gasteiger partial charge in [-0.25, -0.2) is 0 Å². The topological polar surface area (TPSA) is 32.3 Å². The van der Waals surface area contributed by atoms with Crippen molar-refractivity contribution in [2.45, 2.75) is 37.0 Å². The van der Waals surface area contributed by atoms with Gasteiger partial charge in [-0.3, -0.25) is 0 Å². The highest BCUT2D eigenvalue weighted by Crippen LogP contribution is 2.29. The van der Waals surface area contributed by atoms with Crippen LogP contribution in [0, 0.1) is 0 Å². The van der Waals surface area contributed by atoms with Gasteiger partial charge in [-0.15, -0.1) is 11.8 Å². The van der Waals surface area contributed by atoms with Gasteiger partial charge in [0.25, 0.3) is 0 Å². The predicted molar refractivity (Wildman–Crippen MR) is 75.9 cm³/mol. The first-order chi connectivity index (χ1) is 8.17. The SMILES string of the molecule is CCNCc1ccc(SC(C)CCO)cc1Cl. The molecule has 0 radical (unpaired) electrons. The number of halogens is 1. The molecule has 0 saturated carbocycles. The van der Waals surface area contributed by atoms with Gasteiger partial charge in [0.05, 0.1) is 0 Å². The van der Waals surface area contributed by atoms with Crippen molar-refractivity contribution in [1.29, 1.82) is 0 Å². The molecule has 0 saturated heterocycles. The van der Waals surface area contributed by atoms with Crippen molar-refractivity contribution < 1.29 is 5.11 Å². The monoisotopic (exact) mass is 273 g/mol. The van der Waals surface area contributed by atoms with Crippen molar-refractivity contribution in [3.8, 4) is 0 Å². The molecule has 2 nitrogen and oxygen atoms in total. The molecular weight excluding hydrogens is 254 g/mol. The van der Waals surface area contributed by atoms with Crippen molar-refractivity contribution in [1.82, 2.24) is 5.32 Å². The van der Waals surface area contributed by atoms with Crippen LogP contribution in [0.1, 0.15) is 25.8 Å². The quantitative estimate of drug-likeness (QED) is 0.748. The van der Waals surface area contributed by atoms with Gasteiger partial charge in [0.2, 0.25) is 0 Å². The summed E-state index contributed by atoms with van der Waals surface area (Å²) in [4.78, 5) is 1.16. The van der Waals surface area contributed by atoms with Crippen LogP contribution in [0.25, 0.3) is 0 Å². The first-order valence-electron chi connectivity index (χ1n) is 5.94. The number of rotatable bonds is 7. The molecule has 0 heterocycles. The predicted octanol–water partition coefficient (Wildman–Crippen LogP) is 3.31. The van der Waals surface area contributed by atoms with E-state index in [1.165, 1.54) is 0 Å². The Bertz CT molecular complexity index is 346. The van der Waals surface area contributed by atoms with Gasteiger partial charge >= 0.3 is 0 Å². The lowest BCUT2D eigenvalue weighted by Crippen LogP contribution is -2.12. The van der Waals surface area contributed by atoms with Gasteiger partial charge in [-0.1, -0.05) is 31.5 Å². The Balaban J connectivity index is 2.61. The van der Waals surface area contributed by atoms with Crippen molar-refractivity contribution in [3.63, 3.8) is 0 Å². The van der Waals surface area contributed by atoms with Crippen molar-refractivity contribution >= 4 is 23.4 Å². The molecule has 1 atom stereocenters. The molecule has 0 aromatic heterocycles. The van der Waals surface area contributed by atoms with Crippen LogP contribution >= 0.6 is 23.4 Å². The van der Waals surface area contributed by atoms with Gasteiger partial charge in [0, 0.05) is 28.3 Å². The summed E-state index contributed by atoms with van der Waals surface area (Å²) in [5.41, 5.74) is 1.13. The molecular formula is C13H20ClNOS.